The zero-order valence-corrected chi connectivity index (χ0v) is 10.3. The number of nitrogens with zero attached hydrogens (tertiary/aromatic N) is 2. The maximum absolute atomic E-state index is 4.84. The molecular formula is C14H19N3. The van der Waals surface area contributed by atoms with Crippen molar-refractivity contribution in [1.29, 1.82) is 0 Å². The fraction of sp³-hybridized carbons (Fsp3) is 0.571. The third-order valence-electron chi connectivity index (χ3n) is 3.87. The molecule has 0 bridgehead atoms. The predicted molar refractivity (Wildman–Crippen MR) is 70.9 cm³/mol. The minimum atomic E-state index is 0.485. The fourth-order valence-corrected chi connectivity index (χ4v) is 2.72. The highest BCUT2D eigenvalue weighted by molar-refractivity contribution is 6.06. The van der Waals surface area contributed by atoms with Gasteiger partial charge in [0.15, 0.2) is 5.84 Å². The first-order valence-electron chi connectivity index (χ1n) is 6.60. The number of H-pyrrole nitrogens is 1. The average Bonchev–Trinajstić information content (AvgIpc) is 2.81. The third-order valence-corrected chi connectivity index (χ3v) is 3.87. The molecule has 3 nitrogen and oxygen atoms in total. The number of rotatable bonds is 1. The van der Waals surface area contributed by atoms with Crippen LogP contribution in [0.25, 0.3) is 0 Å². The number of amidine groups is 1. The van der Waals surface area contributed by atoms with Gasteiger partial charge in [-0.3, -0.25) is 4.99 Å². The highest BCUT2D eigenvalue weighted by atomic mass is 15.0. The molecule has 2 heterocycles. The van der Waals surface area contributed by atoms with Crippen molar-refractivity contribution in [2.24, 2.45) is 15.9 Å². The Morgan fingerprint density at radius 2 is 2.12 bits per heavy atom. The monoisotopic (exact) mass is 229 g/mol. The van der Waals surface area contributed by atoms with Gasteiger partial charge >= 0.3 is 0 Å². The Labute approximate surface area is 102 Å². The summed E-state index contributed by atoms with van der Waals surface area (Å²) in [5.41, 5.74) is 2.45. The van der Waals surface area contributed by atoms with Crippen molar-refractivity contribution < 1.29 is 0 Å². The number of hydrogen-bond donors (Lipinski definition) is 1. The second-order valence-electron chi connectivity index (χ2n) is 5.25. The Morgan fingerprint density at radius 1 is 1.29 bits per heavy atom. The molecule has 1 fully saturated rings. The molecule has 3 rings (SSSR count). The Morgan fingerprint density at radius 3 is 2.94 bits per heavy atom. The van der Waals surface area contributed by atoms with Crippen molar-refractivity contribution in [2.75, 3.05) is 0 Å². The van der Waals surface area contributed by atoms with Gasteiger partial charge in [0.05, 0.1) is 6.04 Å². The van der Waals surface area contributed by atoms with Crippen molar-refractivity contribution in [1.82, 2.24) is 4.98 Å². The van der Waals surface area contributed by atoms with E-state index in [1.165, 1.54) is 36.9 Å². The van der Waals surface area contributed by atoms with E-state index in [1.807, 2.05) is 12.4 Å². The van der Waals surface area contributed by atoms with E-state index in [0.717, 1.165) is 18.2 Å². The van der Waals surface area contributed by atoms with Gasteiger partial charge in [-0.05, 0) is 37.7 Å². The molecule has 0 unspecified atom stereocenters. The van der Waals surface area contributed by atoms with Crippen molar-refractivity contribution in [3.63, 3.8) is 0 Å². The lowest BCUT2D eigenvalue weighted by atomic mass is 9.87. The van der Waals surface area contributed by atoms with Crippen LogP contribution in [0.5, 0.6) is 0 Å². The van der Waals surface area contributed by atoms with E-state index in [9.17, 15) is 0 Å². The molecule has 1 aromatic rings. The van der Waals surface area contributed by atoms with E-state index in [-0.39, 0.29) is 0 Å². The molecule has 1 aromatic heterocycles. The molecule has 0 atom stereocenters. The molecule has 2 aliphatic rings. The van der Waals surface area contributed by atoms with E-state index >= 15 is 0 Å². The quantitative estimate of drug-likeness (QED) is 0.769. The van der Waals surface area contributed by atoms with E-state index in [0.29, 0.717) is 6.04 Å². The molecule has 1 saturated carbocycles. The second kappa shape index (κ2) is 4.47. The van der Waals surface area contributed by atoms with Crippen LogP contribution in [0.3, 0.4) is 0 Å². The molecule has 0 spiro atoms. The highest BCUT2D eigenvalue weighted by Gasteiger charge is 2.20. The van der Waals surface area contributed by atoms with Gasteiger partial charge in [-0.2, -0.15) is 0 Å². The number of aliphatic imine (C=N–C) groups is 2. The van der Waals surface area contributed by atoms with Crippen LogP contribution in [-0.2, 0) is 6.42 Å². The molecule has 17 heavy (non-hydrogen) atoms. The molecule has 0 aromatic carbocycles. The Balaban J connectivity index is 1.80. The van der Waals surface area contributed by atoms with Gasteiger partial charge in [0, 0.05) is 30.1 Å². The molecular weight excluding hydrogens is 210 g/mol. The average molecular weight is 229 g/mol. The minimum Gasteiger partial charge on any atom is -0.364 e. The Bertz CT molecular complexity index is 448. The van der Waals surface area contributed by atoms with E-state index in [1.54, 1.807) is 0 Å². The van der Waals surface area contributed by atoms with E-state index < -0.39 is 0 Å². The summed E-state index contributed by atoms with van der Waals surface area (Å²) in [6, 6.07) is 2.58. The normalized spacial score (nSPS) is 30.5. The molecule has 0 radical (unpaired) electrons. The van der Waals surface area contributed by atoms with Gasteiger partial charge in [0.25, 0.3) is 0 Å². The van der Waals surface area contributed by atoms with Crippen molar-refractivity contribution in [2.45, 2.75) is 45.1 Å². The first kappa shape index (κ1) is 10.8. The highest BCUT2D eigenvalue weighted by Crippen LogP contribution is 2.26. The van der Waals surface area contributed by atoms with E-state index in [2.05, 4.69) is 23.0 Å². The van der Waals surface area contributed by atoms with Gasteiger partial charge < -0.3 is 4.98 Å². The minimum absolute atomic E-state index is 0.485. The summed E-state index contributed by atoms with van der Waals surface area (Å²) in [5.74, 6) is 1.82. The molecule has 1 N–H and O–H groups in total. The summed E-state index contributed by atoms with van der Waals surface area (Å²) in [6.07, 6.45) is 9.92. The number of fused-ring (bicyclic) bond motifs is 1. The van der Waals surface area contributed by atoms with Crippen LogP contribution >= 0.6 is 0 Å². The molecule has 0 saturated heterocycles. The number of aromatic nitrogens is 1. The lowest BCUT2D eigenvalue weighted by Gasteiger charge is -2.23. The van der Waals surface area contributed by atoms with Crippen LogP contribution in [0.4, 0.5) is 0 Å². The van der Waals surface area contributed by atoms with Gasteiger partial charge in [-0.25, -0.2) is 4.99 Å². The first-order valence-corrected chi connectivity index (χ1v) is 6.60. The van der Waals surface area contributed by atoms with Crippen molar-refractivity contribution in [3.8, 4) is 0 Å². The van der Waals surface area contributed by atoms with Gasteiger partial charge in [0.2, 0.25) is 0 Å². The number of nitrogens with one attached hydrogen (secondary N) is 1. The summed E-state index contributed by atoms with van der Waals surface area (Å²) in [5, 5.41) is 0. The van der Waals surface area contributed by atoms with Crippen LogP contribution in [-0.4, -0.2) is 23.1 Å². The van der Waals surface area contributed by atoms with Crippen LogP contribution < -0.4 is 0 Å². The van der Waals surface area contributed by atoms with Crippen LogP contribution in [0.2, 0.25) is 0 Å². The summed E-state index contributed by atoms with van der Waals surface area (Å²) >= 11 is 0. The maximum atomic E-state index is 4.84. The Kier molecular flexibility index (Phi) is 2.83. The Hall–Kier alpha value is -1.38. The summed E-state index contributed by atoms with van der Waals surface area (Å²) in [4.78, 5) is 12.6. The second-order valence-corrected chi connectivity index (χ2v) is 5.25. The maximum Gasteiger partial charge on any atom is 0.156 e. The predicted octanol–water partition coefficient (Wildman–Crippen LogP) is 2.97. The fourth-order valence-electron chi connectivity index (χ4n) is 2.72. The van der Waals surface area contributed by atoms with Crippen molar-refractivity contribution >= 4 is 12.1 Å². The summed E-state index contributed by atoms with van der Waals surface area (Å²) in [7, 11) is 0. The molecule has 0 amide bonds. The number of aromatic amines is 1. The zero-order chi connectivity index (χ0) is 11.7. The zero-order valence-electron chi connectivity index (χ0n) is 10.3. The standard InChI is InChI=1S/C14H19N3/c1-10-2-4-11(5-3-10)17-14-12-6-8-15-13(12)7-9-16-14/h6,8-11,15H,2-5,7H2,1H3. The third kappa shape index (κ3) is 2.19. The number of hydrogen-bond acceptors (Lipinski definition) is 1. The van der Waals surface area contributed by atoms with Crippen LogP contribution in [0.1, 0.15) is 43.9 Å². The molecule has 3 heteroatoms. The largest absolute Gasteiger partial charge is 0.364 e. The lowest BCUT2D eigenvalue weighted by Crippen LogP contribution is -2.18. The molecule has 1 aliphatic carbocycles. The molecule has 1 aliphatic heterocycles. The van der Waals surface area contributed by atoms with Gasteiger partial charge in [-0.15, -0.1) is 0 Å². The van der Waals surface area contributed by atoms with E-state index in [4.69, 9.17) is 4.99 Å². The van der Waals surface area contributed by atoms with Crippen LogP contribution in [0, 0.1) is 5.92 Å². The summed E-state index contributed by atoms with van der Waals surface area (Å²) in [6.45, 7) is 2.34. The first-order chi connectivity index (χ1) is 8.33. The smallest absolute Gasteiger partial charge is 0.156 e. The summed E-state index contributed by atoms with van der Waals surface area (Å²) < 4.78 is 0. The topological polar surface area (TPSA) is 40.5 Å². The lowest BCUT2D eigenvalue weighted by molar-refractivity contribution is 0.349. The SMILES string of the molecule is CC1CCC(N=C2N=CCc3[nH]ccc32)CC1. The van der Waals surface area contributed by atoms with Gasteiger partial charge in [-0.1, -0.05) is 6.92 Å². The van der Waals surface area contributed by atoms with Crippen molar-refractivity contribution in [3.05, 3.63) is 23.5 Å². The van der Waals surface area contributed by atoms with Crippen LogP contribution in [0.15, 0.2) is 22.2 Å². The molecule has 90 valence electrons. The van der Waals surface area contributed by atoms with Gasteiger partial charge in [0.1, 0.15) is 0 Å².